The molecule has 1 aliphatic rings. The molecule has 0 heterocycles. The number of hydrogen-bond acceptors (Lipinski definition) is 3. The summed E-state index contributed by atoms with van der Waals surface area (Å²) in [4.78, 5) is 0.546. The number of benzene rings is 1. The van der Waals surface area contributed by atoms with Gasteiger partial charge in [0.05, 0.1) is 4.90 Å². The van der Waals surface area contributed by atoms with Crippen molar-refractivity contribution in [2.24, 2.45) is 11.1 Å². The van der Waals surface area contributed by atoms with Crippen molar-refractivity contribution in [1.82, 2.24) is 4.72 Å². The first-order valence-electron chi connectivity index (χ1n) is 7.14. The first kappa shape index (κ1) is 16.4. The second-order valence-electron chi connectivity index (χ2n) is 6.18. The molecule has 0 bridgehead atoms. The molecule has 0 saturated heterocycles. The van der Waals surface area contributed by atoms with Crippen LogP contribution < -0.4 is 10.5 Å². The van der Waals surface area contributed by atoms with Gasteiger partial charge in [-0.3, -0.25) is 0 Å². The van der Waals surface area contributed by atoms with E-state index in [4.69, 9.17) is 18.0 Å². The van der Waals surface area contributed by atoms with E-state index in [9.17, 15) is 8.42 Å². The van der Waals surface area contributed by atoms with Crippen LogP contribution in [0.4, 0.5) is 0 Å². The third kappa shape index (κ3) is 3.81. The predicted molar refractivity (Wildman–Crippen MR) is 88.8 cm³/mol. The van der Waals surface area contributed by atoms with Crippen LogP contribution in [0.1, 0.15) is 43.7 Å². The molecule has 0 unspecified atom stereocenters. The fourth-order valence-corrected chi connectivity index (χ4v) is 4.35. The fraction of sp³-hybridized carbons (Fsp3) is 0.533. The Morgan fingerprint density at radius 3 is 2.52 bits per heavy atom. The van der Waals surface area contributed by atoms with Gasteiger partial charge in [0.15, 0.2) is 0 Å². The van der Waals surface area contributed by atoms with E-state index in [1.807, 2.05) is 6.92 Å². The van der Waals surface area contributed by atoms with Crippen molar-refractivity contribution in [3.8, 4) is 0 Å². The van der Waals surface area contributed by atoms with Crippen LogP contribution in [0.15, 0.2) is 23.1 Å². The third-order valence-electron chi connectivity index (χ3n) is 4.27. The lowest BCUT2D eigenvalue weighted by atomic mass is 9.89. The Hall–Kier alpha value is -0.980. The molecule has 1 fully saturated rings. The molecular formula is C15H22N2O2S2. The van der Waals surface area contributed by atoms with Crippen molar-refractivity contribution in [1.29, 1.82) is 0 Å². The molecular weight excluding hydrogens is 304 g/mol. The maximum absolute atomic E-state index is 12.4. The summed E-state index contributed by atoms with van der Waals surface area (Å²) in [5.74, 6) is 0. The molecule has 116 valence electrons. The van der Waals surface area contributed by atoms with Crippen molar-refractivity contribution in [2.75, 3.05) is 6.54 Å². The molecule has 1 aromatic rings. The molecule has 0 atom stereocenters. The number of sulfonamides is 1. The summed E-state index contributed by atoms with van der Waals surface area (Å²) < 4.78 is 27.5. The average molecular weight is 326 g/mol. The number of hydrogen-bond donors (Lipinski definition) is 2. The van der Waals surface area contributed by atoms with E-state index < -0.39 is 10.0 Å². The largest absolute Gasteiger partial charge is 0.389 e. The summed E-state index contributed by atoms with van der Waals surface area (Å²) >= 11 is 4.94. The van der Waals surface area contributed by atoms with E-state index in [1.54, 1.807) is 18.2 Å². The quantitative estimate of drug-likeness (QED) is 0.816. The zero-order chi connectivity index (χ0) is 15.7. The number of rotatable bonds is 5. The molecule has 1 aliphatic carbocycles. The molecule has 3 N–H and O–H groups in total. The number of nitrogens with two attached hydrogens (primary N) is 1. The number of thiocarbonyl (C=S) groups is 1. The van der Waals surface area contributed by atoms with Gasteiger partial charge < -0.3 is 5.73 Å². The van der Waals surface area contributed by atoms with Gasteiger partial charge in [-0.1, -0.05) is 38.0 Å². The zero-order valence-corrected chi connectivity index (χ0v) is 14.1. The Bertz CT molecular complexity index is 648. The Morgan fingerprint density at radius 2 is 2.00 bits per heavy atom. The van der Waals surface area contributed by atoms with Gasteiger partial charge in [0.2, 0.25) is 10.0 Å². The molecule has 1 aromatic carbocycles. The van der Waals surface area contributed by atoms with Crippen LogP contribution in [0.25, 0.3) is 0 Å². The molecule has 2 rings (SSSR count). The van der Waals surface area contributed by atoms with E-state index in [-0.39, 0.29) is 15.3 Å². The smallest absolute Gasteiger partial charge is 0.240 e. The molecule has 0 amide bonds. The van der Waals surface area contributed by atoms with Crippen molar-refractivity contribution in [3.63, 3.8) is 0 Å². The van der Waals surface area contributed by atoms with Gasteiger partial charge in [-0.25, -0.2) is 13.1 Å². The summed E-state index contributed by atoms with van der Waals surface area (Å²) in [6, 6.07) is 4.85. The Morgan fingerprint density at radius 1 is 1.38 bits per heavy atom. The highest BCUT2D eigenvalue weighted by Gasteiger charge is 2.30. The highest BCUT2D eigenvalue weighted by molar-refractivity contribution is 7.89. The van der Waals surface area contributed by atoms with Crippen LogP contribution in [0.3, 0.4) is 0 Å². The van der Waals surface area contributed by atoms with Crippen molar-refractivity contribution < 1.29 is 8.42 Å². The van der Waals surface area contributed by atoms with E-state index in [0.29, 0.717) is 12.1 Å². The van der Waals surface area contributed by atoms with Gasteiger partial charge in [-0.05, 0) is 42.9 Å². The van der Waals surface area contributed by atoms with Gasteiger partial charge >= 0.3 is 0 Å². The third-order valence-corrected chi connectivity index (χ3v) is 5.89. The molecule has 0 aliphatic heterocycles. The predicted octanol–water partition coefficient (Wildman–Crippen LogP) is 2.49. The first-order chi connectivity index (χ1) is 9.73. The second-order valence-corrected chi connectivity index (χ2v) is 8.39. The lowest BCUT2D eigenvalue weighted by Gasteiger charge is -2.23. The van der Waals surface area contributed by atoms with Crippen LogP contribution in [-0.2, 0) is 10.0 Å². The highest BCUT2D eigenvalue weighted by Crippen LogP contribution is 2.37. The molecule has 0 spiro atoms. The van der Waals surface area contributed by atoms with E-state index in [0.717, 1.165) is 18.4 Å². The van der Waals surface area contributed by atoms with Gasteiger partial charge in [0.25, 0.3) is 0 Å². The van der Waals surface area contributed by atoms with Gasteiger partial charge in [0, 0.05) is 12.1 Å². The summed E-state index contributed by atoms with van der Waals surface area (Å²) in [6.07, 6.45) is 4.52. The van der Waals surface area contributed by atoms with Crippen LogP contribution >= 0.6 is 12.2 Å². The lowest BCUT2D eigenvalue weighted by molar-refractivity contribution is 0.336. The van der Waals surface area contributed by atoms with Crippen molar-refractivity contribution in [2.45, 2.75) is 44.4 Å². The van der Waals surface area contributed by atoms with E-state index in [1.165, 1.54) is 12.8 Å². The summed E-state index contributed by atoms with van der Waals surface area (Å²) in [6.45, 7) is 4.45. The Kier molecular flexibility index (Phi) is 4.70. The Balaban J connectivity index is 2.16. The molecule has 0 radical (unpaired) electrons. The Labute approximate surface area is 132 Å². The number of nitrogens with one attached hydrogen (secondary N) is 1. The monoisotopic (exact) mass is 326 g/mol. The molecule has 4 nitrogen and oxygen atoms in total. The first-order valence-corrected chi connectivity index (χ1v) is 9.03. The maximum atomic E-state index is 12.4. The number of aryl methyl sites for hydroxylation is 1. The molecule has 21 heavy (non-hydrogen) atoms. The SMILES string of the molecule is Cc1cc(S(=O)(=O)NCC2(C)CCCC2)ccc1C(N)=S. The summed E-state index contributed by atoms with van der Waals surface area (Å²) in [5, 5.41) is 0. The van der Waals surface area contributed by atoms with Crippen LogP contribution in [-0.4, -0.2) is 20.0 Å². The standard InChI is InChI=1S/C15H22N2O2S2/c1-11-9-12(5-6-13(11)14(16)20)21(18,19)17-10-15(2)7-3-4-8-15/h5-6,9,17H,3-4,7-8,10H2,1-2H3,(H2,16,20). The van der Waals surface area contributed by atoms with Crippen LogP contribution in [0.5, 0.6) is 0 Å². The summed E-state index contributed by atoms with van der Waals surface area (Å²) in [7, 11) is -3.48. The minimum absolute atomic E-state index is 0.0842. The molecule has 0 aromatic heterocycles. The van der Waals surface area contributed by atoms with Crippen molar-refractivity contribution >= 4 is 27.2 Å². The van der Waals surface area contributed by atoms with Gasteiger partial charge in [-0.2, -0.15) is 0 Å². The lowest BCUT2D eigenvalue weighted by Crippen LogP contribution is -2.34. The normalized spacial score (nSPS) is 17.8. The van der Waals surface area contributed by atoms with Crippen LogP contribution in [0.2, 0.25) is 0 Å². The average Bonchev–Trinajstić information content (AvgIpc) is 2.84. The molecule has 6 heteroatoms. The van der Waals surface area contributed by atoms with Gasteiger partial charge in [0.1, 0.15) is 4.99 Å². The van der Waals surface area contributed by atoms with E-state index >= 15 is 0 Å². The second kappa shape index (κ2) is 6.02. The highest BCUT2D eigenvalue weighted by atomic mass is 32.2. The van der Waals surface area contributed by atoms with Gasteiger partial charge in [-0.15, -0.1) is 0 Å². The fourth-order valence-electron chi connectivity index (χ4n) is 2.84. The maximum Gasteiger partial charge on any atom is 0.240 e. The molecule has 1 saturated carbocycles. The van der Waals surface area contributed by atoms with E-state index in [2.05, 4.69) is 11.6 Å². The zero-order valence-electron chi connectivity index (χ0n) is 12.5. The summed E-state index contributed by atoms with van der Waals surface area (Å²) in [5.41, 5.74) is 7.17. The van der Waals surface area contributed by atoms with Crippen LogP contribution in [0, 0.1) is 12.3 Å². The topological polar surface area (TPSA) is 72.2 Å². The van der Waals surface area contributed by atoms with Crippen molar-refractivity contribution in [3.05, 3.63) is 29.3 Å². The minimum atomic E-state index is -3.48. The minimum Gasteiger partial charge on any atom is -0.389 e.